The minimum Gasteiger partial charge on any atom is -0.294 e. The van der Waals surface area contributed by atoms with Crippen molar-refractivity contribution < 1.29 is 9.59 Å². The van der Waals surface area contributed by atoms with Gasteiger partial charge in [-0.05, 0) is 19.4 Å². The zero-order valence-electron chi connectivity index (χ0n) is 15.5. The first-order chi connectivity index (χ1) is 11.4. The Hall–Kier alpha value is -1.92. The smallest absolute Gasteiger partial charge is 0.164 e. The highest BCUT2D eigenvalue weighted by Crippen LogP contribution is 2.22. The van der Waals surface area contributed by atoms with Gasteiger partial charge in [-0.2, -0.15) is 0 Å². The second-order valence-electron chi connectivity index (χ2n) is 6.17. The molecule has 1 aromatic rings. The maximum Gasteiger partial charge on any atom is 0.164 e. The third-order valence-corrected chi connectivity index (χ3v) is 10.7. The van der Waals surface area contributed by atoms with Gasteiger partial charge in [0.2, 0.25) is 0 Å². The lowest BCUT2D eigenvalue weighted by Gasteiger charge is -2.30. The predicted octanol–water partition coefficient (Wildman–Crippen LogP) is 4.05. The second kappa shape index (κ2) is 9.39. The highest BCUT2D eigenvalue weighted by Gasteiger charge is 2.30. The molecule has 0 saturated heterocycles. The topological polar surface area (TPSA) is 34.1 Å². The predicted molar refractivity (Wildman–Crippen MR) is 104 cm³/mol. The van der Waals surface area contributed by atoms with Crippen molar-refractivity contribution >= 4 is 24.8 Å². The van der Waals surface area contributed by atoms with Gasteiger partial charge in [-0.15, -0.1) is 0 Å². The Kier molecular flexibility index (Phi) is 7.87. The maximum absolute atomic E-state index is 11.4. The van der Waals surface area contributed by atoms with E-state index < -0.39 is 8.07 Å². The zero-order chi connectivity index (χ0) is 18.2. The summed E-state index contributed by atoms with van der Waals surface area (Å²) in [6, 6.07) is 12.3. The molecule has 1 aromatic carbocycles. The summed E-state index contributed by atoms with van der Waals surface area (Å²) in [6.45, 7) is 9.70. The van der Waals surface area contributed by atoms with Gasteiger partial charge in [-0.1, -0.05) is 80.2 Å². The number of benzene rings is 1. The van der Waals surface area contributed by atoms with Crippen molar-refractivity contribution in [3.8, 4) is 11.8 Å². The van der Waals surface area contributed by atoms with Crippen LogP contribution in [0, 0.1) is 11.8 Å². The van der Waals surface area contributed by atoms with E-state index in [1.54, 1.807) is 0 Å². The van der Waals surface area contributed by atoms with Crippen LogP contribution in [0.5, 0.6) is 0 Å². The van der Waals surface area contributed by atoms with E-state index in [0.717, 1.165) is 0 Å². The first-order valence-electron chi connectivity index (χ1n) is 8.70. The SMILES string of the molecule is CC[Si](CC)(CC)c1ccccc1CC#CC=C(C(C)=O)C(C)=O. The van der Waals surface area contributed by atoms with Crippen LogP contribution >= 0.6 is 0 Å². The molecule has 0 aliphatic rings. The average Bonchev–Trinajstić information content (AvgIpc) is 2.57. The van der Waals surface area contributed by atoms with Gasteiger partial charge in [0.25, 0.3) is 0 Å². The van der Waals surface area contributed by atoms with Crippen molar-refractivity contribution in [1.82, 2.24) is 0 Å². The van der Waals surface area contributed by atoms with E-state index in [0.29, 0.717) is 6.42 Å². The minimum atomic E-state index is -1.45. The molecule has 0 aromatic heterocycles. The van der Waals surface area contributed by atoms with Crippen LogP contribution in [0.2, 0.25) is 18.1 Å². The van der Waals surface area contributed by atoms with Gasteiger partial charge in [0, 0.05) is 12.5 Å². The van der Waals surface area contributed by atoms with Gasteiger partial charge in [-0.3, -0.25) is 9.59 Å². The van der Waals surface area contributed by atoms with Crippen molar-refractivity contribution in [3.63, 3.8) is 0 Å². The highest BCUT2D eigenvalue weighted by atomic mass is 28.3. The third-order valence-electron chi connectivity index (χ3n) is 4.98. The molecule has 0 heterocycles. The van der Waals surface area contributed by atoms with Crippen LogP contribution in [-0.4, -0.2) is 19.6 Å². The summed E-state index contributed by atoms with van der Waals surface area (Å²) in [7, 11) is -1.45. The highest BCUT2D eigenvalue weighted by molar-refractivity contribution is 6.92. The molecule has 3 heteroatoms. The van der Waals surface area contributed by atoms with Crippen molar-refractivity contribution in [2.24, 2.45) is 0 Å². The van der Waals surface area contributed by atoms with E-state index in [9.17, 15) is 9.59 Å². The molecule has 0 aliphatic heterocycles. The molecule has 0 fully saturated rings. The van der Waals surface area contributed by atoms with Gasteiger partial charge in [0.15, 0.2) is 11.6 Å². The Morgan fingerprint density at radius 2 is 1.54 bits per heavy atom. The first kappa shape index (κ1) is 20.1. The Morgan fingerprint density at radius 1 is 1.00 bits per heavy atom. The van der Waals surface area contributed by atoms with E-state index in [1.807, 2.05) is 0 Å². The second-order valence-corrected chi connectivity index (χ2v) is 11.4. The quantitative estimate of drug-likeness (QED) is 0.247. The van der Waals surface area contributed by atoms with E-state index >= 15 is 0 Å². The van der Waals surface area contributed by atoms with Crippen LogP contribution in [0.15, 0.2) is 35.9 Å². The largest absolute Gasteiger partial charge is 0.294 e. The molecule has 0 unspecified atom stereocenters. The van der Waals surface area contributed by atoms with Crippen LogP contribution in [-0.2, 0) is 16.0 Å². The number of allylic oxidation sites excluding steroid dienone is 2. The summed E-state index contributed by atoms with van der Waals surface area (Å²) in [6.07, 6.45) is 2.11. The number of hydrogen-bond acceptors (Lipinski definition) is 2. The fourth-order valence-electron chi connectivity index (χ4n) is 3.23. The number of rotatable bonds is 7. The van der Waals surface area contributed by atoms with Gasteiger partial charge in [-0.25, -0.2) is 0 Å². The molecule has 24 heavy (non-hydrogen) atoms. The number of ketones is 2. The van der Waals surface area contributed by atoms with Crippen LogP contribution in [0.25, 0.3) is 0 Å². The zero-order valence-corrected chi connectivity index (χ0v) is 16.5. The van der Waals surface area contributed by atoms with Crippen molar-refractivity contribution in [2.45, 2.75) is 59.2 Å². The molecule has 0 radical (unpaired) electrons. The lowest BCUT2D eigenvalue weighted by Crippen LogP contribution is -2.47. The standard InChI is InChI=1S/C21H28O2Si/c1-6-24(7-2,8-3)21-16-12-10-14-19(21)13-9-11-15-20(17(4)22)18(5)23/h10,12,14-16H,6-8,13H2,1-5H3. The molecular weight excluding hydrogens is 312 g/mol. The minimum absolute atomic E-state index is 0.176. The summed E-state index contributed by atoms with van der Waals surface area (Å²) in [5, 5.41) is 1.51. The molecule has 0 saturated carbocycles. The molecule has 128 valence electrons. The third kappa shape index (κ3) is 4.78. The van der Waals surface area contributed by atoms with Gasteiger partial charge in [0.05, 0.1) is 13.6 Å². The lowest BCUT2D eigenvalue weighted by molar-refractivity contribution is -0.119. The molecule has 0 spiro atoms. The van der Waals surface area contributed by atoms with Crippen LogP contribution < -0.4 is 5.19 Å². The Balaban J connectivity index is 3.12. The summed E-state index contributed by atoms with van der Waals surface area (Å²) in [5.41, 5.74) is 1.47. The number of carbonyl (C=O) groups excluding carboxylic acids is 2. The lowest BCUT2D eigenvalue weighted by atomic mass is 10.1. The van der Waals surface area contributed by atoms with E-state index in [2.05, 4.69) is 56.9 Å². The first-order valence-corrected chi connectivity index (χ1v) is 11.3. The molecule has 0 atom stereocenters. The number of hydrogen-bond donors (Lipinski definition) is 0. The van der Waals surface area contributed by atoms with Crippen LogP contribution in [0.3, 0.4) is 0 Å². The molecule has 0 amide bonds. The van der Waals surface area contributed by atoms with Gasteiger partial charge < -0.3 is 0 Å². The van der Waals surface area contributed by atoms with Gasteiger partial charge in [0.1, 0.15) is 0 Å². The summed E-state index contributed by atoms with van der Waals surface area (Å²) in [5.74, 6) is 5.55. The number of carbonyl (C=O) groups is 2. The van der Waals surface area contributed by atoms with Crippen LogP contribution in [0.4, 0.5) is 0 Å². The molecule has 0 aliphatic carbocycles. The normalized spacial score (nSPS) is 10.5. The number of Topliss-reactive ketones (excluding diaryl/α,β-unsaturated/α-hetero) is 2. The van der Waals surface area contributed by atoms with Crippen molar-refractivity contribution in [1.29, 1.82) is 0 Å². The van der Waals surface area contributed by atoms with Crippen molar-refractivity contribution in [3.05, 3.63) is 41.5 Å². The summed E-state index contributed by atoms with van der Waals surface area (Å²) >= 11 is 0. The fourth-order valence-corrected chi connectivity index (χ4v) is 7.18. The maximum atomic E-state index is 11.4. The summed E-state index contributed by atoms with van der Waals surface area (Å²) < 4.78 is 0. The van der Waals surface area contributed by atoms with E-state index in [4.69, 9.17) is 0 Å². The molecule has 0 bridgehead atoms. The van der Waals surface area contributed by atoms with Gasteiger partial charge >= 0.3 is 0 Å². The van der Waals surface area contributed by atoms with E-state index in [-0.39, 0.29) is 17.1 Å². The van der Waals surface area contributed by atoms with E-state index in [1.165, 1.54) is 48.8 Å². The Morgan fingerprint density at radius 3 is 2.04 bits per heavy atom. The fraction of sp³-hybridized carbons (Fsp3) is 0.429. The molecular formula is C21H28O2Si. The summed E-state index contributed by atoms with van der Waals surface area (Å²) in [4.78, 5) is 22.8. The average molecular weight is 341 g/mol. The molecule has 1 rings (SSSR count). The van der Waals surface area contributed by atoms with Crippen molar-refractivity contribution in [2.75, 3.05) is 0 Å². The van der Waals surface area contributed by atoms with Crippen LogP contribution in [0.1, 0.15) is 40.2 Å². The monoisotopic (exact) mass is 340 g/mol. The molecule has 0 N–H and O–H groups in total. The molecule has 2 nitrogen and oxygen atoms in total. The Labute approximate surface area is 147 Å². The Bertz CT molecular complexity index is 661.